The first kappa shape index (κ1) is 26.6. The molecule has 0 radical (unpaired) electrons. The first-order chi connectivity index (χ1) is 18.7. The van der Waals surface area contributed by atoms with Crippen molar-refractivity contribution in [3.63, 3.8) is 0 Å². The molecular formula is C28H26BrFN6O3. The normalized spacial score (nSPS) is 17.0. The summed E-state index contributed by atoms with van der Waals surface area (Å²) in [5, 5.41) is 3.36. The number of anilines is 1. The van der Waals surface area contributed by atoms with Crippen LogP contribution in [0, 0.1) is 0 Å². The Balaban J connectivity index is 1.40. The van der Waals surface area contributed by atoms with Crippen molar-refractivity contribution in [2.45, 2.75) is 45.4 Å². The number of nitrogens with one attached hydrogen (secondary N) is 1. The van der Waals surface area contributed by atoms with Gasteiger partial charge in [0.2, 0.25) is 11.8 Å². The van der Waals surface area contributed by atoms with Crippen molar-refractivity contribution in [2.24, 2.45) is 0 Å². The lowest BCUT2D eigenvalue weighted by molar-refractivity contribution is -0.137. The monoisotopic (exact) mass is 592 g/mol. The summed E-state index contributed by atoms with van der Waals surface area (Å²) in [6.45, 7) is 3.12. The molecule has 0 bridgehead atoms. The second-order valence-electron chi connectivity index (χ2n) is 9.43. The van der Waals surface area contributed by atoms with E-state index in [1.54, 1.807) is 41.4 Å². The third-order valence-electron chi connectivity index (χ3n) is 6.76. The summed E-state index contributed by atoms with van der Waals surface area (Å²) < 4.78 is 16.7. The van der Waals surface area contributed by atoms with E-state index in [1.165, 1.54) is 11.8 Å². The summed E-state index contributed by atoms with van der Waals surface area (Å²) in [5.74, 6) is -0.0259. The Morgan fingerprint density at radius 3 is 2.59 bits per heavy atom. The highest BCUT2D eigenvalue weighted by molar-refractivity contribution is 9.10. The molecule has 1 aliphatic rings. The van der Waals surface area contributed by atoms with Crippen molar-refractivity contribution in [3.8, 4) is 11.1 Å². The van der Waals surface area contributed by atoms with E-state index in [-0.39, 0.29) is 25.3 Å². The molecule has 5 rings (SSSR count). The number of carbonyl (C=O) groups excluding carboxylic acids is 3. The number of fused-ring (bicyclic) bond motifs is 1. The molecule has 11 heteroatoms. The van der Waals surface area contributed by atoms with Gasteiger partial charge in [0.15, 0.2) is 5.78 Å². The van der Waals surface area contributed by atoms with Crippen LogP contribution in [0.1, 0.15) is 36.5 Å². The van der Waals surface area contributed by atoms with Crippen LogP contribution in [0.5, 0.6) is 0 Å². The second kappa shape index (κ2) is 11.0. The van der Waals surface area contributed by atoms with Crippen LogP contribution < -0.4 is 5.32 Å². The maximum absolute atomic E-state index is 14.4. The number of hydrogen-bond donors (Lipinski definition) is 1. The lowest BCUT2D eigenvalue weighted by atomic mass is 10.0. The molecule has 1 N–H and O–H groups in total. The number of pyridine rings is 1. The maximum atomic E-state index is 14.4. The van der Waals surface area contributed by atoms with Gasteiger partial charge in [-0.1, -0.05) is 19.1 Å². The molecule has 1 aromatic carbocycles. The Morgan fingerprint density at radius 1 is 1.13 bits per heavy atom. The maximum Gasteiger partial charge on any atom is 0.248 e. The zero-order valence-electron chi connectivity index (χ0n) is 21.4. The fourth-order valence-electron chi connectivity index (χ4n) is 4.81. The molecule has 0 unspecified atom stereocenters. The quantitative estimate of drug-likeness (QED) is 0.248. The van der Waals surface area contributed by atoms with Gasteiger partial charge < -0.3 is 14.8 Å². The largest absolute Gasteiger partial charge is 0.337 e. The Bertz CT molecular complexity index is 1570. The molecule has 3 aromatic heterocycles. The van der Waals surface area contributed by atoms with Gasteiger partial charge in [-0.3, -0.25) is 14.4 Å². The van der Waals surface area contributed by atoms with Gasteiger partial charge in [-0.2, -0.15) is 0 Å². The van der Waals surface area contributed by atoms with Crippen molar-refractivity contribution < 1.29 is 18.8 Å². The summed E-state index contributed by atoms with van der Waals surface area (Å²) >= 11 is 3.25. The van der Waals surface area contributed by atoms with E-state index in [9.17, 15) is 18.8 Å². The zero-order valence-corrected chi connectivity index (χ0v) is 23.0. The number of aromatic nitrogens is 4. The minimum absolute atomic E-state index is 0.0983. The zero-order chi connectivity index (χ0) is 27.7. The smallest absolute Gasteiger partial charge is 0.248 e. The number of hydrogen-bond acceptors (Lipinski definition) is 6. The van der Waals surface area contributed by atoms with E-state index in [4.69, 9.17) is 0 Å². The van der Waals surface area contributed by atoms with Crippen LogP contribution in [-0.4, -0.2) is 60.8 Å². The van der Waals surface area contributed by atoms with Crippen molar-refractivity contribution in [2.75, 3.05) is 11.9 Å². The van der Waals surface area contributed by atoms with E-state index in [0.29, 0.717) is 26.9 Å². The first-order valence-corrected chi connectivity index (χ1v) is 13.3. The molecule has 200 valence electrons. The number of Topliss-reactive ketones (excluding diaryl/α,β-unsaturated/α-hetero) is 1. The molecule has 0 spiro atoms. The van der Waals surface area contributed by atoms with Gasteiger partial charge >= 0.3 is 0 Å². The SMILES string of the molecule is CCc1ncc(-c2ccc3c(c2)c(C(C)=O)cn3CC(=O)N2C[C@H](F)C[C@H]2C(=O)Nc2cccc(Br)n2)cn1. The van der Waals surface area contributed by atoms with E-state index in [0.717, 1.165) is 23.4 Å². The number of carbonyl (C=O) groups is 3. The molecule has 1 aliphatic heterocycles. The van der Waals surface area contributed by atoms with Crippen molar-refractivity contribution in [1.29, 1.82) is 0 Å². The highest BCUT2D eigenvalue weighted by Gasteiger charge is 2.40. The molecule has 1 saturated heterocycles. The molecule has 0 aliphatic carbocycles. The standard InChI is InChI=1S/C28H26BrFN6O3/c1-3-25-31-11-18(12-32-25)17-7-8-22-20(9-17)21(16(2)37)14-35(22)15-27(38)36-13-19(30)10-23(36)28(39)34-26-6-4-5-24(29)33-26/h4-9,11-12,14,19,23H,3,10,13,15H2,1-2H3,(H,33,34,39)/t19-,23+/m1/s1. The lowest BCUT2D eigenvalue weighted by Gasteiger charge is -2.24. The molecule has 2 atom stereocenters. The van der Waals surface area contributed by atoms with Gasteiger partial charge in [-0.05, 0) is 52.7 Å². The summed E-state index contributed by atoms with van der Waals surface area (Å²) in [5.41, 5.74) is 2.80. The molecule has 1 fully saturated rings. The number of aryl methyl sites for hydroxylation is 1. The number of nitrogens with zero attached hydrogens (tertiary/aromatic N) is 5. The molecule has 4 aromatic rings. The van der Waals surface area contributed by atoms with Gasteiger partial charge in [0.1, 0.15) is 35.0 Å². The van der Waals surface area contributed by atoms with E-state index in [2.05, 4.69) is 36.2 Å². The van der Waals surface area contributed by atoms with Gasteiger partial charge in [0, 0.05) is 53.5 Å². The predicted octanol–water partition coefficient (Wildman–Crippen LogP) is 4.60. The van der Waals surface area contributed by atoms with Crippen molar-refractivity contribution >= 4 is 50.2 Å². The number of likely N-dealkylation sites (tertiary alicyclic amines) is 1. The van der Waals surface area contributed by atoms with Crippen LogP contribution in [0.3, 0.4) is 0 Å². The fourth-order valence-corrected chi connectivity index (χ4v) is 5.15. The van der Waals surface area contributed by atoms with Gasteiger partial charge in [-0.15, -0.1) is 0 Å². The average molecular weight is 593 g/mol. The number of ketones is 1. The number of rotatable bonds is 7. The van der Waals surface area contributed by atoms with Crippen molar-refractivity contribution in [1.82, 2.24) is 24.4 Å². The summed E-state index contributed by atoms with van der Waals surface area (Å²) in [7, 11) is 0. The summed E-state index contributed by atoms with van der Waals surface area (Å²) in [6.07, 6.45) is 4.44. The molecule has 4 heterocycles. The van der Waals surface area contributed by atoms with E-state index < -0.39 is 24.0 Å². The Morgan fingerprint density at radius 2 is 1.90 bits per heavy atom. The highest BCUT2D eigenvalue weighted by atomic mass is 79.9. The number of halogens is 2. The lowest BCUT2D eigenvalue weighted by Crippen LogP contribution is -2.44. The highest BCUT2D eigenvalue weighted by Crippen LogP contribution is 2.29. The summed E-state index contributed by atoms with van der Waals surface area (Å²) in [4.78, 5) is 53.0. The number of amides is 2. The minimum atomic E-state index is -1.32. The fraction of sp³-hybridized carbons (Fsp3) is 0.286. The second-order valence-corrected chi connectivity index (χ2v) is 10.2. The van der Waals surface area contributed by atoms with Gasteiger partial charge in [-0.25, -0.2) is 19.3 Å². The predicted molar refractivity (Wildman–Crippen MR) is 148 cm³/mol. The summed E-state index contributed by atoms with van der Waals surface area (Å²) in [6, 6.07) is 9.67. The third-order valence-corrected chi connectivity index (χ3v) is 7.20. The van der Waals surface area contributed by atoms with Crippen molar-refractivity contribution in [3.05, 3.63) is 71.0 Å². The van der Waals surface area contributed by atoms with Gasteiger partial charge in [0.05, 0.1) is 6.54 Å². The Labute approximate surface area is 232 Å². The Hall–Kier alpha value is -3.99. The molecular weight excluding hydrogens is 567 g/mol. The average Bonchev–Trinajstić information content (AvgIpc) is 3.49. The van der Waals surface area contributed by atoms with Crippen LogP contribution in [-0.2, 0) is 22.6 Å². The van der Waals surface area contributed by atoms with Crippen LogP contribution in [0.2, 0.25) is 0 Å². The van der Waals surface area contributed by atoms with Crippen LogP contribution in [0.15, 0.2) is 59.6 Å². The number of alkyl halides is 1. The first-order valence-electron chi connectivity index (χ1n) is 12.6. The van der Waals surface area contributed by atoms with Crippen LogP contribution in [0.4, 0.5) is 10.2 Å². The van der Waals surface area contributed by atoms with E-state index >= 15 is 0 Å². The molecule has 2 amide bonds. The van der Waals surface area contributed by atoms with Crippen LogP contribution >= 0.6 is 15.9 Å². The topological polar surface area (TPSA) is 110 Å². The molecule has 9 nitrogen and oxygen atoms in total. The Kier molecular flexibility index (Phi) is 7.51. The number of benzene rings is 1. The third kappa shape index (κ3) is 5.58. The molecule has 39 heavy (non-hydrogen) atoms. The van der Waals surface area contributed by atoms with Crippen LogP contribution in [0.25, 0.3) is 22.0 Å². The van der Waals surface area contributed by atoms with Gasteiger partial charge in [0.25, 0.3) is 0 Å². The minimum Gasteiger partial charge on any atom is -0.337 e. The molecule has 0 saturated carbocycles. The van der Waals surface area contributed by atoms with E-state index in [1.807, 2.05) is 25.1 Å².